The van der Waals surface area contributed by atoms with E-state index < -0.39 is 0 Å². The molecule has 0 amide bonds. The van der Waals surface area contributed by atoms with E-state index in [0.29, 0.717) is 12.6 Å². The summed E-state index contributed by atoms with van der Waals surface area (Å²) in [4.78, 5) is 2.52. The highest BCUT2D eigenvalue weighted by Crippen LogP contribution is 2.28. The summed E-state index contributed by atoms with van der Waals surface area (Å²) in [7, 11) is 1.76. The number of ether oxygens (including phenoxy) is 1. The summed E-state index contributed by atoms with van der Waals surface area (Å²) in [5.41, 5.74) is 0. The summed E-state index contributed by atoms with van der Waals surface area (Å²) in [5.74, 6) is 2.60. The molecule has 1 fully saturated rings. The van der Waals surface area contributed by atoms with Gasteiger partial charge in [0.05, 0.1) is 13.2 Å². The monoisotopic (exact) mass is 210 g/mol. The lowest BCUT2D eigenvalue weighted by molar-refractivity contribution is 0.118. The SMILES string of the molecule is C#CCNCC(C)N(CCOC)C1CC1. The molecule has 1 saturated carbocycles. The van der Waals surface area contributed by atoms with Crippen molar-refractivity contribution in [2.24, 2.45) is 0 Å². The van der Waals surface area contributed by atoms with E-state index >= 15 is 0 Å². The first-order valence-corrected chi connectivity index (χ1v) is 5.68. The first-order valence-electron chi connectivity index (χ1n) is 5.68. The van der Waals surface area contributed by atoms with Crippen LogP contribution in [0.2, 0.25) is 0 Å². The maximum absolute atomic E-state index is 5.20. The average Bonchev–Trinajstić information content (AvgIpc) is 3.03. The zero-order chi connectivity index (χ0) is 11.1. The minimum atomic E-state index is 0.543. The van der Waals surface area contributed by atoms with Crippen LogP contribution in [0.15, 0.2) is 0 Å². The second-order valence-corrected chi connectivity index (χ2v) is 4.15. The second kappa shape index (κ2) is 6.84. The van der Waals surface area contributed by atoms with Gasteiger partial charge in [-0.1, -0.05) is 5.92 Å². The number of methoxy groups -OCH3 is 1. The quantitative estimate of drug-likeness (QED) is 0.472. The topological polar surface area (TPSA) is 24.5 Å². The molecule has 3 nitrogen and oxygen atoms in total. The number of nitrogens with zero attached hydrogens (tertiary/aromatic N) is 1. The fourth-order valence-electron chi connectivity index (χ4n) is 1.84. The van der Waals surface area contributed by atoms with Crippen molar-refractivity contribution in [1.82, 2.24) is 10.2 Å². The van der Waals surface area contributed by atoms with Crippen LogP contribution in [-0.4, -0.2) is 50.3 Å². The smallest absolute Gasteiger partial charge is 0.0589 e. The van der Waals surface area contributed by atoms with Crippen LogP contribution in [0.3, 0.4) is 0 Å². The molecule has 1 aliphatic rings. The van der Waals surface area contributed by atoms with Gasteiger partial charge in [0.2, 0.25) is 0 Å². The summed E-state index contributed by atoms with van der Waals surface area (Å²) >= 11 is 0. The van der Waals surface area contributed by atoms with Crippen LogP contribution >= 0.6 is 0 Å². The van der Waals surface area contributed by atoms with Gasteiger partial charge in [-0.05, 0) is 19.8 Å². The van der Waals surface area contributed by atoms with Crippen molar-refractivity contribution in [3.8, 4) is 12.3 Å². The Kier molecular flexibility index (Phi) is 5.70. The average molecular weight is 210 g/mol. The fraction of sp³-hybridized carbons (Fsp3) is 0.833. The van der Waals surface area contributed by atoms with E-state index in [1.807, 2.05) is 0 Å². The van der Waals surface area contributed by atoms with Gasteiger partial charge in [0.15, 0.2) is 0 Å². The minimum absolute atomic E-state index is 0.543. The number of rotatable bonds is 8. The van der Waals surface area contributed by atoms with Crippen LogP contribution in [0, 0.1) is 12.3 Å². The van der Waals surface area contributed by atoms with Gasteiger partial charge in [-0.25, -0.2) is 0 Å². The van der Waals surface area contributed by atoms with Crippen molar-refractivity contribution in [3.05, 3.63) is 0 Å². The standard InChI is InChI=1S/C12H22N2O/c1-4-7-13-10-11(2)14(8-9-15-3)12-5-6-12/h1,11-13H,5-10H2,2-3H3. The number of terminal acetylenes is 1. The lowest BCUT2D eigenvalue weighted by Crippen LogP contribution is -2.43. The van der Waals surface area contributed by atoms with E-state index in [0.717, 1.165) is 25.7 Å². The first-order chi connectivity index (χ1) is 7.29. The maximum atomic E-state index is 5.20. The Hall–Kier alpha value is -0.560. The zero-order valence-electron chi connectivity index (χ0n) is 9.83. The predicted molar refractivity (Wildman–Crippen MR) is 62.8 cm³/mol. The van der Waals surface area contributed by atoms with Gasteiger partial charge < -0.3 is 10.1 Å². The first kappa shape index (κ1) is 12.5. The van der Waals surface area contributed by atoms with Crippen LogP contribution in [0.25, 0.3) is 0 Å². The van der Waals surface area contributed by atoms with Crippen molar-refractivity contribution in [1.29, 1.82) is 0 Å². The van der Waals surface area contributed by atoms with Gasteiger partial charge >= 0.3 is 0 Å². The van der Waals surface area contributed by atoms with E-state index in [1.54, 1.807) is 7.11 Å². The van der Waals surface area contributed by atoms with Crippen LogP contribution in [0.4, 0.5) is 0 Å². The molecule has 1 unspecified atom stereocenters. The number of hydrogen-bond donors (Lipinski definition) is 1. The van der Waals surface area contributed by atoms with E-state index in [2.05, 4.69) is 23.1 Å². The molecule has 0 heterocycles. The lowest BCUT2D eigenvalue weighted by atomic mass is 10.2. The molecular weight excluding hydrogens is 188 g/mol. The van der Waals surface area contributed by atoms with Gasteiger partial charge in [0.25, 0.3) is 0 Å². The summed E-state index contributed by atoms with van der Waals surface area (Å²) < 4.78 is 5.13. The molecule has 1 aliphatic carbocycles. The van der Waals surface area contributed by atoms with Crippen LogP contribution < -0.4 is 5.32 Å². The normalized spacial score (nSPS) is 17.7. The number of nitrogens with one attached hydrogen (secondary N) is 1. The van der Waals surface area contributed by atoms with Gasteiger partial charge in [-0.2, -0.15) is 0 Å². The highest BCUT2D eigenvalue weighted by Gasteiger charge is 2.31. The molecule has 0 radical (unpaired) electrons. The van der Waals surface area contributed by atoms with Crippen molar-refractivity contribution < 1.29 is 4.74 Å². The molecule has 0 aromatic rings. The molecule has 0 bridgehead atoms. The third kappa shape index (κ3) is 4.65. The highest BCUT2D eigenvalue weighted by atomic mass is 16.5. The second-order valence-electron chi connectivity index (χ2n) is 4.15. The van der Waals surface area contributed by atoms with Crippen molar-refractivity contribution in [2.75, 3.05) is 33.4 Å². The molecule has 1 N–H and O–H groups in total. The summed E-state index contributed by atoms with van der Waals surface area (Å²) in [6.45, 7) is 5.71. The van der Waals surface area contributed by atoms with E-state index in [4.69, 9.17) is 11.2 Å². The van der Waals surface area contributed by atoms with Crippen LogP contribution in [0.1, 0.15) is 19.8 Å². The third-order valence-corrected chi connectivity index (χ3v) is 2.80. The lowest BCUT2D eigenvalue weighted by Gasteiger charge is -2.28. The molecule has 0 saturated heterocycles. The predicted octanol–water partition coefficient (Wildman–Crippen LogP) is 0.709. The van der Waals surface area contributed by atoms with Crippen LogP contribution in [0.5, 0.6) is 0 Å². The Labute approximate surface area is 93.2 Å². The maximum Gasteiger partial charge on any atom is 0.0589 e. The molecule has 86 valence electrons. The Balaban J connectivity index is 2.24. The molecule has 0 aliphatic heterocycles. The van der Waals surface area contributed by atoms with Crippen molar-refractivity contribution >= 4 is 0 Å². The fourth-order valence-corrected chi connectivity index (χ4v) is 1.84. The van der Waals surface area contributed by atoms with E-state index in [9.17, 15) is 0 Å². The van der Waals surface area contributed by atoms with Crippen LogP contribution in [-0.2, 0) is 4.74 Å². The summed E-state index contributed by atoms with van der Waals surface area (Å²) in [6, 6.07) is 1.32. The van der Waals surface area contributed by atoms with Crippen molar-refractivity contribution in [2.45, 2.75) is 31.8 Å². The molecule has 1 atom stereocenters. The molecule has 3 heteroatoms. The zero-order valence-corrected chi connectivity index (χ0v) is 9.83. The van der Waals surface area contributed by atoms with Gasteiger partial charge in [0, 0.05) is 32.3 Å². The third-order valence-electron chi connectivity index (χ3n) is 2.80. The molecule has 15 heavy (non-hydrogen) atoms. The molecule has 1 rings (SSSR count). The molecular formula is C12H22N2O. The minimum Gasteiger partial charge on any atom is -0.383 e. The molecule has 0 spiro atoms. The highest BCUT2D eigenvalue weighted by molar-refractivity contribution is 4.90. The Bertz CT molecular complexity index is 208. The molecule has 0 aromatic carbocycles. The van der Waals surface area contributed by atoms with Crippen molar-refractivity contribution in [3.63, 3.8) is 0 Å². The Morgan fingerprint density at radius 2 is 2.33 bits per heavy atom. The Morgan fingerprint density at radius 3 is 2.87 bits per heavy atom. The summed E-state index contributed by atoms with van der Waals surface area (Å²) in [6.07, 6.45) is 7.87. The Morgan fingerprint density at radius 1 is 1.60 bits per heavy atom. The van der Waals surface area contributed by atoms with Gasteiger partial charge in [-0.3, -0.25) is 4.90 Å². The molecule has 0 aromatic heterocycles. The summed E-state index contributed by atoms with van der Waals surface area (Å²) in [5, 5.41) is 3.26. The van der Waals surface area contributed by atoms with E-state index in [1.165, 1.54) is 12.8 Å². The van der Waals surface area contributed by atoms with E-state index in [-0.39, 0.29) is 0 Å². The van der Waals surface area contributed by atoms with Gasteiger partial charge in [-0.15, -0.1) is 6.42 Å². The largest absolute Gasteiger partial charge is 0.383 e. The number of hydrogen-bond acceptors (Lipinski definition) is 3. The van der Waals surface area contributed by atoms with Gasteiger partial charge in [0.1, 0.15) is 0 Å².